The van der Waals surface area contributed by atoms with E-state index in [0.717, 1.165) is 19.3 Å². The van der Waals surface area contributed by atoms with E-state index >= 15 is 0 Å². The Morgan fingerprint density at radius 3 is 2.83 bits per heavy atom. The Kier molecular flexibility index (Phi) is 3.03. The number of likely N-dealkylation sites (tertiary alicyclic amines) is 1. The minimum atomic E-state index is -0.614. The highest BCUT2D eigenvalue weighted by molar-refractivity contribution is 5.92. The summed E-state index contributed by atoms with van der Waals surface area (Å²) in [7, 11) is 1.73. The molecule has 1 saturated carbocycles. The summed E-state index contributed by atoms with van der Waals surface area (Å²) in [5.41, 5.74) is -0.0927. The summed E-state index contributed by atoms with van der Waals surface area (Å²) in [5.74, 6) is -0.160. The summed E-state index contributed by atoms with van der Waals surface area (Å²) < 4.78 is 7.23. The zero-order valence-electron chi connectivity index (χ0n) is 13.4. The molecule has 4 heterocycles. The Morgan fingerprint density at radius 1 is 1.43 bits per heavy atom. The number of ether oxygens (including phenoxy) is 1. The van der Waals surface area contributed by atoms with Crippen molar-refractivity contribution in [1.82, 2.24) is 25.2 Å². The fourth-order valence-electron chi connectivity index (χ4n) is 4.06. The van der Waals surface area contributed by atoms with Crippen LogP contribution in [0.1, 0.15) is 36.7 Å². The Hall–Kier alpha value is -1.96. The van der Waals surface area contributed by atoms with Crippen molar-refractivity contribution < 1.29 is 14.3 Å². The number of hydrogen-bond acceptors (Lipinski definition) is 5. The van der Waals surface area contributed by atoms with Gasteiger partial charge in [-0.1, -0.05) is 12.1 Å². The van der Waals surface area contributed by atoms with Gasteiger partial charge in [0.2, 0.25) is 0 Å². The van der Waals surface area contributed by atoms with Gasteiger partial charge < -0.3 is 15.0 Å². The van der Waals surface area contributed by atoms with E-state index in [-0.39, 0.29) is 23.3 Å². The van der Waals surface area contributed by atoms with E-state index < -0.39 is 5.60 Å². The van der Waals surface area contributed by atoms with Crippen LogP contribution in [0.5, 0.6) is 0 Å². The molecule has 4 fully saturated rings. The first-order chi connectivity index (χ1) is 10.9. The van der Waals surface area contributed by atoms with E-state index in [1.165, 1.54) is 4.68 Å². The van der Waals surface area contributed by atoms with Crippen molar-refractivity contribution in [2.24, 2.45) is 12.5 Å². The maximum Gasteiger partial charge on any atom is 0.276 e. The van der Waals surface area contributed by atoms with E-state index in [4.69, 9.17) is 4.74 Å². The molecular formula is C15H21N5O3. The van der Waals surface area contributed by atoms with Crippen LogP contribution in [-0.4, -0.2) is 63.0 Å². The van der Waals surface area contributed by atoms with Crippen molar-refractivity contribution >= 4 is 11.8 Å². The zero-order valence-corrected chi connectivity index (χ0v) is 13.4. The van der Waals surface area contributed by atoms with Crippen molar-refractivity contribution in [3.8, 4) is 0 Å². The third-order valence-electron chi connectivity index (χ3n) is 5.17. The molecule has 4 aliphatic rings. The zero-order chi connectivity index (χ0) is 16.2. The van der Waals surface area contributed by atoms with Gasteiger partial charge in [-0.3, -0.25) is 14.3 Å². The Labute approximate surface area is 134 Å². The molecule has 2 amide bonds. The fourth-order valence-corrected chi connectivity index (χ4v) is 4.06. The predicted octanol–water partition coefficient (Wildman–Crippen LogP) is -0.285. The quantitative estimate of drug-likeness (QED) is 0.827. The van der Waals surface area contributed by atoms with Gasteiger partial charge >= 0.3 is 0 Å². The molecule has 0 radical (unpaired) electrons. The molecule has 2 bridgehead atoms. The minimum absolute atomic E-state index is 0.0199. The highest BCUT2D eigenvalue weighted by Gasteiger charge is 2.64. The van der Waals surface area contributed by atoms with Crippen molar-refractivity contribution in [3.05, 3.63) is 11.9 Å². The van der Waals surface area contributed by atoms with Gasteiger partial charge in [0.1, 0.15) is 5.60 Å². The second-order valence-electron chi connectivity index (χ2n) is 7.43. The molecule has 0 spiro atoms. The Morgan fingerprint density at radius 2 is 2.22 bits per heavy atom. The normalized spacial score (nSPS) is 35.2. The summed E-state index contributed by atoms with van der Waals surface area (Å²) in [6.07, 6.45) is 3.97. The summed E-state index contributed by atoms with van der Waals surface area (Å²) >= 11 is 0. The van der Waals surface area contributed by atoms with Crippen molar-refractivity contribution in [1.29, 1.82) is 0 Å². The smallest absolute Gasteiger partial charge is 0.276 e. The number of nitrogens with zero attached hydrogens (tertiary/aromatic N) is 4. The SMILES string of the molecule is Cn1cc(C(=O)N2CC[C@@H](NC(=O)C34CC(C)(CO3)C4)C2)nn1. The second-order valence-corrected chi connectivity index (χ2v) is 7.43. The van der Waals surface area contributed by atoms with Gasteiger partial charge in [0.25, 0.3) is 11.8 Å². The van der Waals surface area contributed by atoms with E-state index in [1.807, 2.05) is 0 Å². The molecule has 0 unspecified atom stereocenters. The lowest BCUT2D eigenvalue weighted by atomic mass is 9.63. The molecule has 3 aliphatic heterocycles. The summed E-state index contributed by atoms with van der Waals surface area (Å²) in [4.78, 5) is 26.5. The summed E-state index contributed by atoms with van der Waals surface area (Å²) in [5, 5.41) is 10.7. The Bertz CT molecular complexity index is 664. The molecule has 23 heavy (non-hydrogen) atoms. The average Bonchev–Trinajstić information content (AvgIpc) is 3.21. The van der Waals surface area contributed by atoms with Crippen molar-refractivity contribution in [3.63, 3.8) is 0 Å². The molecule has 1 aromatic heterocycles. The third-order valence-corrected chi connectivity index (χ3v) is 5.17. The molecule has 1 N–H and O–H groups in total. The molecule has 124 valence electrons. The van der Waals surface area contributed by atoms with Crippen LogP contribution in [0.3, 0.4) is 0 Å². The monoisotopic (exact) mass is 319 g/mol. The molecule has 0 aromatic carbocycles. The number of fused-ring (bicyclic) bond motifs is 1. The lowest BCUT2D eigenvalue weighted by Gasteiger charge is -2.41. The lowest BCUT2D eigenvalue weighted by molar-refractivity contribution is -0.145. The van der Waals surface area contributed by atoms with Crippen LogP contribution in [0.25, 0.3) is 0 Å². The molecule has 1 aromatic rings. The fraction of sp³-hybridized carbons (Fsp3) is 0.733. The molecule has 5 rings (SSSR count). The first-order valence-electron chi connectivity index (χ1n) is 8.00. The van der Waals surface area contributed by atoms with Crippen LogP contribution >= 0.6 is 0 Å². The molecular weight excluding hydrogens is 298 g/mol. The van der Waals surface area contributed by atoms with Gasteiger partial charge in [0.15, 0.2) is 5.69 Å². The van der Waals surface area contributed by atoms with Crippen LogP contribution in [0.4, 0.5) is 0 Å². The second kappa shape index (κ2) is 4.77. The third kappa shape index (κ3) is 2.32. The number of carbonyl (C=O) groups is 2. The van der Waals surface area contributed by atoms with Gasteiger partial charge in [-0.2, -0.15) is 0 Å². The number of nitrogens with one attached hydrogen (secondary N) is 1. The van der Waals surface area contributed by atoms with E-state index in [0.29, 0.717) is 25.4 Å². The van der Waals surface area contributed by atoms with Gasteiger partial charge in [-0.15, -0.1) is 5.10 Å². The van der Waals surface area contributed by atoms with E-state index in [1.54, 1.807) is 18.1 Å². The first kappa shape index (κ1) is 14.6. The van der Waals surface area contributed by atoms with Crippen LogP contribution in [0.15, 0.2) is 6.20 Å². The molecule has 8 heteroatoms. The van der Waals surface area contributed by atoms with Crippen molar-refractivity contribution in [2.45, 2.75) is 37.8 Å². The van der Waals surface area contributed by atoms with Crippen molar-refractivity contribution in [2.75, 3.05) is 19.7 Å². The Balaban J connectivity index is 1.34. The topological polar surface area (TPSA) is 89.4 Å². The molecule has 1 atom stereocenters. The molecule has 1 aliphatic carbocycles. The first-order valence-corrected chi connectivity index (χ1v) is 8.00. The number of aryl methyl sites for hydroxylation is 1. The van der Waals surface area contributed by atoms with E-state index in [9.17, 15) is 9.59 Å². The predicted molar refractivity (Wildman–Crippen MR) is 79.5 cm³/mol. The van der Waals surface area contributed by atoms with Crippen LogP contribution in [-0.2, 0) is 16.6 Å². The van der Waals surface area contributed by atoms with Gasteiger partial charge in [0, 0.05) is 26.2 Å². The molecule has 3 saturated heterocycles. The highest BCUT2D eigenvalue weighted by Crippen LogP contribution is 2.57. The number of aromatic nitrogens is 3. The average molecular weight is 319 g/mol. The maximum absolute atomic E-state index is 12.5. The standard InChI is InChI=1S/C15H21N5O3/c1-14-7-15(8-14,23-9-14)13(22)16-10-3-4-20(5-10)12(21)11-6-19(2)18-17-11/h6,10H,3-5,7-9H2,1-2H3,(H,16,22)/t10-,14?,15?/m1/s1. The lowest BCUT2D eigenvalue weighted by Crippen LogP contribution is -2.56. The number of carbonyl (C=O) groups excluding carboxylic acids is 2. The van der Waals surface area contributed by atoms with Crippen LogP contribution in [0, 0.1) is 5.41 Å². The number of rotatable bonds is 3. The van der Waals surface area contributed by atoms with Crippen LogP contribution in [0.2, 0.25) is 0 Å². The number of hydrogen-bond donors (Lipinski definition) is 1. The summed E-state index contributed by atoms with van der Waals surface area (Å²) in [6.45, 7) is 3.95. The molecule has 8 nitrogen and oxygen atoms in total. The van der Waals surface area contributed by atoms with Gasteiger partial charge in [-0.25, -0.2) is 0 Å². The van der Waals surface area contributed by atoms with Gasteiger partial charge in [-0.05, 0) is 24.7 Å². The maximum atomic E-state index is 12.5. The largest absolute Gasteiger partial charge is 0.365 e. The number of amides is 2. The minimum Gasteiger partial charge on any atom is -0.365 e. The van der Waals surface area contributed by atoms with Gasteiger partial charge in [0.05, 0.1) is 12.8 Å². The van der Waals surface area contributed by atoms with Crippen LogP contribution < -0.4 is 5.32 Å². The highest BCUT2D eigenvalue weighted by atomic mass is 16.5. The summed E-state index contributed by atoms with van der Waals surface area (Å²) in [6, 6.07) is -0.0199. The van der Waals surface area contributed by atoms with E-state index in [2.05, 4.69) is 22.6 Å².